The Hall–Kier alpha value is -3.74. The quantitative estimate of drug-likeness (QED) is 0.352. The number of nitrogens with zero attached hydrogens (tertiary/aromatic N) is 1. The van der Waals surface area contributed by atoms with Crippen molar-refractivity contribution in [1.82, 2.24) is 4.90 Å². The van der Waals surface area contributed by atoms with E-state index in [4.69, 9.17) is 13.6 Å². The number of rotatable bonds is 5. The number of aliphatic hydroxyl groups excluding tert-OH is 1. The van der Waals surface area contributed by atoms with Crippen LogP contribution in [0.25, 0.3) is 5.76 Å². The third-order valence-corrected chi connectivity index (χ3v) is 5.54. The summed E-state index contributed by atoms with van der Waals surface area (Å²) in [6, 6.07) is 11.1. The molecule has 1 fully saturated rings. The lowest BCUT2D eigenvalue weighted by Crippen LogP contribution is -2.28. The van der Waals surface area contributed by atoms with E-state index in [1.165, 1.54) is 17.4 Å². The van der Waals surface area contributed by atoms with Crippen LogP contribution in [0, 0.1) is 0 Å². The van der Waals surface area contributed by atoms with Gasteiger partial charge in [0, 0.05) is 11.1 Å². The molecule has 2 aromatic heterocycles. The largest absolute Gasteiger partial charge is 0.507 e. The molecule has 7 heteroatoms. The predicted octanol–water partition coefficient (Wildman–Crippen LogP) is 4.80. The van der Waals surface area contributed by atoms with Crippen LogP contribution in [-0.2, 0) is 21.5 Å². The third kappa shape index (κ3) is 3.70. The molecule has 166 valence electrons. The highest BCUT2D eigenvalue weighted by Gasteiger charge is 2.47. The number of benzene rings is 1. The number of hydrogen-bond donors (Lipinski definition) is 1. The Balaban J connectivity index is 1.86. The Morgan fingerprint density at radius 1 is 1.09 bits per heavy atom. The van der Waals surface area contributed by atoms with Crippen molar-refractivity contribution in [1.29, 1.82) is 0 Å². The molecule has 1 atom stereocenters. The van der Waals surface area contributed by atoms with E-state index in [1.807, 2.05) is 20.8 Å². The van der Waals surface area contributed by atoms with Crippen molar-refractivity contribution in [3.8, 4) is 5.75 Å². The van der Waals surface area contributed by atoms with Gasteiger partial charge in [0.05, 0.1) is 31.8 Å². The molecule has 1 amide bonds. The van der Waals surface area contributed by atoms with Crippen LogP contribution < -0.4 is 4.74 Å². The fourth-order valence-corrected chi connectivity index (χ4v) is 3.95. The second-order valence-electron chi connectivity index (χ2n) is 8.69. The van der Waals surface area contributed by atoms with Crippen molar-refractivity contribution in [2.24, 2.45) is 0 Å². The number of ether oxygens (including phenoxy) is 1. The third-order valence-electron chi connectivity index (χ3n) is 5.54. The number of carbonyl (C=O) groups excluding carboxylic acids is 2. The van der Waals surface area contributed by atoms with Crippen molar-refractivity contribution in [2.75, 3.05) is 7.11 Å². The van der Waals surface area contributed by atoms with Gasteiger partial charge >= 0.3 is 0 Å². The van der Waals surface area contributed by atoms with E-state index in [2.05, 4.69) is 0 Å². The number of methoxy groups -OCH3 is 1. The molecule has 1 aromatic carbocycles. The standard InChI is InChI=1S/C25H25NO6/c1-25(2,3)17-13-15(9-10-18(17)30-4)22(27)20-21(19-8-6-12-32-19)26(24(29)23(20)28)14-16-7-5-11-31-16/h5-13,21,27H,14H2,1-4H3/b22-20-. The Labute approximate surface area is 185 Å². The average Bonchev–Trinajstić information content (AvgIpc) is 3.51. The minimum atomic E-state index is -0.879. The zero-order chi connectivity index (χ0) is 23.0. The maximum Gasteiger partial charge on any atom is 0.296 e. The summed E-state index contributed by atoms with van der Waals surface area (Å²) in [6.45, 7) is 6.15. The first-order valence-corrected chi connectivity index (χ1v) is 10.3. The van der Waals surface area contributed by atoms with E-state index in [1.54, 1.807) is 49.6 Å². The van der Waals surface area contributed by atoms with Crippen LogP contribution in [0.4, 0.5) is 0 Å². The van der Waals surface area contributed by atoms with Crippen molar-refractivity contribution in [2.45, 2.75) is 38.8 Å². The van der Waals surface area contributed by atoms with Gasteiger partial charge in [-0.2, -0.15) is 0 Å². The molecule has 0 bridgehead atoms. The molecule has 4 rings (SSSR count). The van der Waals surface area contributed by atoms with Crippen LogP contribution in [0.1, 0.15) is 49.5 Å². The van der Waals surface area contributed by atoms with E-state index in [0.717, 1.165) is 5.56 Å². The molecule has 1 N–H and O–H groups in total. The van der Waals surface area contributed by atoms with Gasteiger partial charge in [-0.1, -0.05) is 20.8 Å². The summed E-state index contributed by atoms with van der Waals surface area (Å²) < 4.78 is 16.4. The van der Waals surface area contributed by atoms with E-state index in [0.29, 0.717) is 22.8 Å². The minimum Gasteiger partial charge on any atom is -0.507 e. The number of furan rings is 2. The zero-order valence-electron chi connectivity index (χ0n) is 18.4. The maximum atomic E-state index is 13.1. The van der Waals surface area contributed by atoms with E-state index >= 15 is 0 Å². The van der Waals surface area contributed by atoms with Gasteiger partial charge in [0.2, 0.25) is 0 Å². The van der Waals surface area contributed by atoms with E-state index < -0.39 is 17.7 Å². The van der Waals surface area contributed by atoms with Crippen LogP contribution in [0.5, 0.6) is 5.75 Å². The summed E-state index contributed by atoms with van der Waals surface area (Å²) in [5, 5.41) is 11.2. The SMILES string of the molecule is COc1ccc(/C(O)=C2/C(=O)C(=O)N(Cc3ccco3)C2c2ccco2)cc1C(C)(C)C. The van der Waals surface area contributed by atoms with Gasteiger partial charge < -0.3 is 23.6 Å². The molecule has 32 heavy (non-hydrogen) atoms. The second-order valence-corrected chi connectivity index (χ2v) is 8.69. The molecular formula is C25H25NO6. The highest BCUT2D eigenvalue weighted by atomic mass is 16.5. The average molecular weight is 435 g/mol. The van der Waals surface area contributed by atoms with Crippen LogP contribution in [0.3, 0.4) is 0 Å². The highest BCUT2D eigenvalue weighted by Crippen LogP contribution is 2.41. The highest BCUT2D eigenvalue weighted by molar-refractivity contribution is 6.46. The van der Waals surface area contributed by atoms with Crippen LogP contribution >= 0.6 is 0 Å². The summed E-state index contributed by atoms with van der Waals surface area (Å²) in [7, 11) is 1.58. The Morgan fingerprint density at radius 3 is 2.41 bits per heavy atom. The smallest absolute Gasteiger partial charge is 0.296 e. The predicted molar refractivity (Wildman–Crippen MR) is 117 cm³/mol. The zero-order valence-corrected chi connectivity index (χ0v) is 18.4. The summed E-state index contributed by atoms with van der Waals surface area (Å²) >= 11 is 0. The Kier molecular flexibility index (Phi) is 5.42. The van der Waals surface area contributed by atoms with Gasteiger partial charge in [-0.15, -0.1) is 0 Å². The van der Waals surface area contributed by atoms with Crippen molar-refractivity contribution in [3.05, 3.63) is 83.2 Å². The number of hydrogen-bond acceptors (Lipinski definition) is 6. The first-order valence-electron chi connectivity index (χ1n) is 10.3. The number of likely N-dealkylation sites (tertiary alicyclic amines) is 1. The van der Waals surface area contributed by atoms with Gasteiger partial charge in [0.1, 0.15) is 29.1 Å². The summed E-state index contributed by atoms with van der Waals surface area (Å²) in [5.74, 6) is -0.197. The number of Topliss-reactive ketones (excluding diaryl/α,β-unsaturated/α-hetero) is 1. The van der Waals surface area contributed by atoms with Gasteiger partial charge in [0.15, 0.2) is 0 Å². The molecule has 1 unspecified atom stereocenters. The van der Waals surface area contributed by atoms with E-state index in [-0.39, 0.29) is 23.3 Å². The molecule has 1 aliphatic rings. The Morgan fingerprint density at radius 2 is 1.81 bits per heavy atom. The first-order chi connectivity index (χ1) is 15.2. The van der Waals surface area contributed by atoms with E-state index in [9.17, 15) is 14.7 Å². The lowest BCUT2D eigenvalue weighted by molar-refractivity contribution is -0.140. The maximum absolute atomic E-state index is 13.1. The molecule has 1 saturated heterocycles. The lowest BCUT2D eigenvalue weighted by Gasteiger charge is -2.24. The first kappa shape index (κ1) is 21.5. The molecule has 3 heterocycles. The molecule has 0 saturated carbocycles. The Bertz CT molecular complexity index is 1170. The number of carbonyl (C=O) groups is 2. The molecule has 1 aliphatic heterocycles. The summed E-state index contributed by atoms with van der Waals surface area (Å²) in [5.41, 5.74) is 0.987. The summed E-state index contributed by atoms with van der Waals surface area (Å²) in [4.78, 5) is 27.3. The number of ketones is 1. The van der Waals surface area contributed by atoms with Gasteiger partial charge in [0.25, 0.3) is 11.7 Å². The summed E-state index contributed by atoms with van der Waals surface area (Å²) in [6.07, 6.45) is 2.96. The fraction of sp³-hybridized carbons (Fsp3) is 0.280. The van der Waals surface area contributed by atoms with Crippen LogP contribution in [-0.4, -0.2) is 28.8 Å². The van der Waals surface area contributed by atoms with Crippen LogP contribution in [0.2, 0.25) is 0 Å². The number of aliphatic hydroxyl groups is 1. The van der Waals surface area contributed by atoms with Crippen molar-refractivity contribution in [3.63, 3.8) is 0 Å². The van der Waals surface area contributed by atoms with Gasteiger partial charge in [-0.05, 0) is 47.9 Å². The fourth-order valence-electron chi connectivity index (χ4n) is 3.95. The normalized spacial score (nSPS) is 18.4. The molecule has 0 aliphatic carbocycles. The molecule has 7 nitrogen and oxygen atoms in total. The van der Waals surface area contributed by atoms with Gasteiger partial charge in [-0.25, -0.2) is 0 Å². The monoisotopic (exact) mass is 435 g/mol. The molecule has 0 spiro atoms. The number of amides is 1. The van der Waals surface area contributed by atoms with Crippen LogP contribution in [0.15, 0.2) is 69.4 Å². The molecular weight excluding hydrogens is 410 g/mol. The van der Waals surface area contributed by atoms with Crippen molar-refractivity contribution >= 4 is 17.4 Å². The second kappa shape index (κ2) is 8.07. The molecule has 0 radical (unpaired) electrons. The minimum absolute atomic E-state index is 0.0264. The topological polar surface area (TPSA) is 93.1 Å². The van der Waals surface area contributed by atoms with Gasteiger partial charge in [-0.3, -0.25) is 9.59 Å². The molecule has 3 aromatic rings. The lowest BCUT2D eigenvalue weighted by atomic mass is 9.84. The van der Waals surface area contributed by atoms with Crippen molar-refractivity contribution < 1.29 is 28.3 Å².